The van der Waals surface area contributed by atoms with E-state index in [0.717, 1.165) is 5.56 Å². The molecule has 1 aromatic heterocycles. The van der Waals surface area contributed by atoms with E-state index in [0.29, 0.717) is 12.5 Å². The van der Waals surface area contributed by atoms with Crippen LogP contribution in [0.1, 0.15) is 11.1 Å². The molecule has 0 aromatic carbocycles. The van der Waals surface area contributed by atoms with E-state index in [2.05, 4.69) is 15.3 Å². The van der Waals surface area contributed by atoms with E-state index in [-0.39, 0.29) is 0 Å². The van der Waals surface area contributed by atoms with Crippen LogP contribution in [0.25, 0.3) is 0 Å². The number of pyridine rings is 1. The second kappa shape index (κ2) is 4.45. The SMILES string of the molecule is CN=C(N)NCc1ccncc1C. The molecule has 0 aliphatic rings. The molecular formula is C9H14N4. The fourth-order valence-corrected chi connectivity index (χ4v) is 0.965. The molecule has 0 atom stereocenters. The van der Waals surface area contributed by atoms with Crippen LogP contribution < -0.4 is 11.1 Å². The van der Waals surface area contributed by atoms with Gasteiger partial charge < -0.3 is 11.1 Å². The Morgan fingerprint density at radius 1 is 1.69 bits per heavy atom. The number of aromatic nitrogens is 1. The number of nitrogens with zero attached hydrogens (tertiary/aromatic N) is 2. The number of nitrogens with two attached hydrogens (primary N) is 1. The van der Waals surface area contributed by atoms with Gasteiger partial charge >= 0.3 is 0 Å². The third kappa shape index (κ3) is 2.74. The maximum Gasteiger partial charge on any atom is 0.188 e. The summed E-state index contributed by atoms with van der Waals surface area (Å²) in [6, 6.07) is 1.96. The average molecular weight is 178 g/mol. The molecule has 4 nitrogen and oxygen atoms in total. The van der Waals surface area contributed by atoms with Crippen LogP contribution in [0.2, 0.25) is 0 Å². The van der Waals surface area contributed by atoms with Crippen molar-refractivity contribution in [3.8, 4) is 0 Å². The minimum absolute atomic E-state index is 0.455. The van der Waals surface area contributed by atoms with Gasteiger partial charge in [-0.25, -0.2) is 0 Å². The molecule has 0 saturated heterocycles. The molecule has 0 fully saturated rings. The number of aryl methyl sites for hydroxylation is 1. The standard InChI is InChI=1S/C9H14N4/c1-7-5-12-4-3-8(7)6-13-9(10)11-2/h3-5H,6H2,1-2H3,(H3,10,11,13). The van der Waals surface area contributed by atoms with Crippen molar-refractivity contribution in [2.24, 2.45) is 10.7 Å². The highest BCUT2D eigenvalue weighted by Crippen LogP contribution is 2.03. The van der Waals surface area contributed by atoms with Gasteiger partial charge in [-0.2, -0.15) is 0 Å². The Morgan fingerprint density at radius 2 is 2.46 bits per heavy atom. The average Bonchev–Trinajstić information content (AvgIpc) is 2.16. The predicted molar refractivity (Wildman–Crippen MR) is 53.4 cm³/mol. The Bertz CT molecular complexity index is 306. The zero-order valence-corrected chi connectivity index (χ0v) is 7.91. The fourth-order valence-electron chi connectivity index (χ4n) is 0.965. The van der Waals surface area contributed by atoms with E-state index in [4.69, 9.17) is 5.73 Å². The van der Waals surface area contributed by atoms with Crippen molar-refractivity contribution in [2.75, 3.05) is 7.05 Å². The Balaban J connectivity index is 2.60. The summed E-state index contributed by atoms with van der Waals surface area (Å²) in [4.78, 5) is 7.80. The minimum Gasteiger partial charge on any atom is -0.370 e. The molecule has 1 aromatic rings. The molecule has 1 rings (SSSR count). The van der Waals surface area contributed by atoms with Crippen molar-refractivity contribution in [3.63, 3.8) is 0 Å². The summed E-state index contributed by atoms with van der Waals surface area (Å²) >= 11 is 0. The number of hydrogen-bond acceptors (Lipinski definition) is 2. The molecule has 13 heavy (non-hydrogen) atoms. The summed E-state index contributed by atoms with van der Waals surface area (Å²) in [5, 5.41) is 2.99. The van der Waals surface area contributed by atoms with Crippen LogP contribution in [-0.2, 0) is 6.54 Å². The van der Waals surface area contributed by atoms with Crippen molar-refractivity contribution in [1.29, 1.82) is 0 Å². The highest BCUT2D eigenvalue weighted by Gasteiger charge is 1.96. The van der Waals surface area contributed by atoms with Gasteiger partial charge in [0.25, 0.3) is 0 Å². The first kappa shape index (κ1) is 9.51. The molecule has 3 N–H and O–H groups in total. The maximum absolute atomic E-state index is 5.49. The minimum atomic E-state index is 0.455. The maximum atomic E-state index is 5.49. The smallest absolute Gasteiger partial charge is 0.188 e. The van der Waals surface area contributed by atoms with Crippen LogP contribution in [0.4, 0.5) is 0 Å². The molecular weight excluding hydrogens is 164 g/mol. The van der Waals surface area contributed by atoms with Crippen molar-refractivity contribution >= 4 is 5.96 Å². The van der Waals surface area contributed by atoms with Gasteiger partial charge in [0, 0.05) is 26.0 Å². The second-order valence-electron chi connectivity index (χ2n) is 2.76. The third-order valence-electron chi connectivity index (χ3n) is 1.84. The lowest BCUT2D eigenvalue weighted by Gasteiger charge is -2.06. The van der Waals surface area contributed by atoms with Crippen LogP contribution in [-0.4, -0.2) is 18.0 Å². The first-order valence-corrected chi connectivity index (χ1v) is 4.09. The van der Waals surface area contributed by atoms with E-state index in [9.17, 15) is 0 Å². The van der Waals surface area contributed by atoms with Gasteiger partial charge in [0.2, 0.25) is 0 Å². The summed E-state index contributed by atoms with van der Waals surface area (Å²) < 4.78 is 0. The van der Waals surface area contributed by atoms with Crippen LogP contribution in [0, 0.1) is 6.92 Å². The molecule has 0 aliphatic heterocycles. The van der Waals surface area contributed by atoms with Crippen LogP contribution in [0.15, 0.2) is 23.5 Å². The lowest BCUT2D eigenvalue weighted by Crippen LogP contribution is -2.30. The van der Waals surface area contributed by atoms with Gasteiger partial charge in [0.05, 0.1) is 0 Å². The lowest BCUT2D eigenvalue weighted by molar-refractivity contribution is 0.887. The van der Waals surface area contributed by atoms with E-state index in [1.54, 1.807) is 13.2 Å². The van der Waals surface area contributed by atoms with Gasteiger partial charge in [-0.3, -0.25) is 9.98 Å². The summed E-state index contributed by atoms with van der Waals surface area (Å²) in [5.74, 6) is 0.455. The first-order chi connectivity index (χ1) is 6.24. The zero-order valence-electron chi connectivity index (χ0n) is 7.91. The molecule has 0 amide bonds. The molecule has 4 heteroatoms. The van der Waals surface area contributed by atoms with E-state index >= 15 is 0 Å². The van der Waals surface area contributed by atoms with E-state index in [1.807, 2.05) is 19.2 Å². The molecule has 0 bridgehead atoms. The van der Waals surface area contributed by atoms with Gasteiger partial charge in [-0.05, 0) is 24.1 Å². The van der Waals surface area contributed by atoms with E-state index in [1.165, 1.54) is 5.56 Å². The second-order valence-corrected chi connectivity index (χ2v) is 2.76. The summed E-state index contributed by atoms with van der Waals surface area (Å²) in [5.41, 5.74) is 7.83. The zero-order chi connectivity index (χ0) is 9.68. The Kier molecular flexibility index (Phi) is 3.25. The Hall–Kier alpha value is -1.58. The molecule has 1 heterocycles. The number of guanidine groups is 1. The van der Waals surface area contributed by atoms with Crippen LogP contribution in [0.5, 0.6) is 0 Å². The van der Waals surface area contributed by atoms with Gasteiger partial charge in [-0.1, -0.05) is 0 Å². The highest BCUT2D eigenvalue weighted by atomic mass is 15.1. The Labute approximate surface area is 77.9 Å². The molecule has 70 valence electrons. The van der Waals surface area contributed by atoms with Crippen LogP contribution in [0.3, 0.4) is 0 Å². The Morgan fingerprint density at radius 3 is 3.08 bits per heavy atom. The van der Waals surface area contributed by atoms with Crippen molar-refractivity contribution < 1.29 is 0 Å². The van der Waals surface area contributed by atoms with Crippen molar-refractivity contribution in [3.05, 3.63) is 29.6 Å². The molecule has 0 saturated carbocycles. The summed E-state index contributed by atoms with van der Waals surface area (Å²) in [7, 11) is 1.65. The van der Waals surface area contributed by atoms with Crippen LogP contribution >= 0.6 is 0 Å². The largest absolute Gasteiger partial charge is 0.370 e. The quantitative estimate of drug-likeness (QED) is 0.509. The third-order valence-corrected chi connectivity index (χ3v) is 1.84. The molecule has 0 radical (unpaired) electrons. The molecule has 0 spiro atoms. The fraction of sp³-hybridized carbons (Fsp3) is 0.333. The highest BCUT2D eigenvalue weighted by molar-refractivity contribution is 5.77. The van der Waals surface area contributed by atoms with E-state index < -0.39 is 0 Å². The predicted octanol–water partition coefficient (Wildman–Crippen LogP) is 0.424. The number of aliphatic imine (C=N–C) groups is 1. The topological polar surface area (TPSA) is 63.3 Å². The van der Waals surface area contributed by atoms with Crippen molar-refractivity contribution in [1.82, 2.24) is 10.3 Å². The monoisotopic (exact) mass is 178 g/mol. The van der Waals surface area contributed by atoms with Gasteiger partial charge in [0.15, 0.2) is 5.96 Å². The number of nitrogens with one attached hydrogen (secondary N) is 1. The summed E-state index contributed by atoms with van der Waals surface area (Å²) in [6.07, 6.45) is 3.60. The van der Waals surface area contributed by atoms with Gasteiger partial charge in [0.1, 0.15) is 0 Å². The molecule has 0 unspecified atom stereocenters. The first-order valence-electron chi connectivity index (χ1n) is 4.09. The summed E-state index contributed by atoms with van der Waals surface area (Å²) in [6.45, 7) is 2.71. The lowest BCUT2D eigenvalue weighted by atomic mass is 10.1. The number of hydrogen-bond donors (Lipinski definition) is 2. The number of rotatable bonds is 2. The molecule has 0 aliphatic carbocycles. The van der Waals surface area contributed by atoms with Crippen molar-refractivity contribution in [2.45, 2.75) is 13.5 Å². The van der Waals surface area contributed by atoms with Gasteiger partial charge in [-0.15, -0.1) is 0 Å². The normalized spacial score (nSPS) is 11.4.